The summed E-state index contributed by atoms with van der Waals surface area (Å²) in [6.45, 7) is 11.2. The van der Waals surface area contributed by atoms with Gasteiger partial charge in [0.05, 0.1) is 44.2 Å². The molecule has 0 amide bonds. The number of benzene rings is 2. The standard InChI is InChI=1S/C30H40FN3O6.C2HF3O2/c1-8-39-23-12-18-13-34(29(32)25(18)26(31)28(23)40-9-2)14-21(35)17-10-19(30(3,4)5)27(38-7)20(11-17)33-15-22(36)24(16-33)37-6;3-2(4,5)1(6)7/h10-12,22,24,32,36H,8-9,13-16H2,1-7H3;(H,6,7)/t22-,24-;/m1./s1. The number of ketones is 1. The molecule has 11 nitrogen and oxygen atoms in total. The normalized spacial score (nSPS) is 17.7. The van der Waals surface area contributed by atoms with E-state index in [4.69, 9.17) is 34.3 Å². The summed E-state index contributed by atoms with van der Waals surface area (Å²) in [5, 5.41) is 26.3. The molecule has 2 aliphatic rings. The van der Waals surface area contributed by atoms with Gasteiger partial charge in [0, 0.05) is 37.9 Å². The zero-order valence-corrected chi connectivity index (χ0v) is 27.4. The van der Waals surface area contributed by atoms with Gasteiger partial charge in [-0.2, -0.15) is 13.2 Å². The Bertz CT molecular complexity index is 1490. The lowest BCUT2D eigenvalue weighted by molar-refractivity contribution is -0.192. The molecule has 15 heteroatoms. The fourth-order valence-electron chi connectivity index (χ4n) is 5.39. The third-order valence-corrected chi connectivity index (χ3v) is 7.63. The average Bonchev–Trinajstić information content (AvgIpc) is 3.52. The molecule has 2 aromatic rings. The van der Waals surface area contributed by atoms with Crippen LogP contribution in [0.4, 0.5) is 23.2 Å². The molecule has 0 radical (unpaired) electrons. The summed E-state index contributed by atoms with van der Waals surface area (Å²) < 4.78 is 69.6. The van der Waals surface area contributed by atoms with Crippen LogP contribution in [0.3, 0.4) is 0 Å². The summed E-state index contributed by atoms with van der Waals surface area (Å²) in [5.74, 6) is -2.78. The van der Waals surface area contributed by atoms with Gasteiger partial charge in [-0.3, -0.25) is 10.2 Å². The number of aliphatic hydroxyl groups is 1. The Labute approximate surface area is 270 Å². The number of methoxy groups -OCH3 is 2. The van der Waals surface area contributed by atoms with Crippen molar-refractivity contribution in [3.63, 3.8) is 0 Å². The van der Waals surface area contributed by atoms with E-state index >= 15 is 4.39 Å². The first-order valence-corrected chi connectivity index (χ1v) is 14.9. The number of nitrogens with zero attached hydrogens (tertiary/aromatic N) is 2. The highest BCUT2D eigenvalue weighted by Crippen LogP contribution is 2.42. The van der Waals surface area contributed by atoms with Gasteiger partial charge in [0.25, 0.3) is 0 Å². The molecule has 3 N–H and O–H groups in total. The van der Waals surface area contributed by atoms with E-state index in [0.29, 0.717) is 48.0 Å². The van der Waals surface area contributed by atoms with E-state index < -0.39 is 24.1 Å². The van der Waals surface area contributed by atoms with Gasteiger partial charge < -0.3 is 39.0 Å². The van der Waals surface area contributed by atoms with E-state index in [2.05, 4.69) is 0 Å². The molecule has 0 saturated carbocycles. The van der Waals surface area contributed by atoms with Crippen molar-refractivity contribution >= 4 is 23.3 Å². The van der Waals surface area contributed by atoms with E-state index in [1.165, 1.54) is 0 Å². The van der Waals surface area contributed by atoms with Crippen molar-refractivity contribution in [1.29, 1.82) is 5.41 Å². The molecule has 2 aliphatic heterocycles. The lowest BCUT2D eigenvalue weighted by Crippen LogP contribution is -2.31. The van der Waals surface area contributed by atoms with Crippen LogP contribution in [0.25, 0.3) is 0 Å². The van der Waals surface area contributed by atoms with E-state index in [1.54, 1.807) is 45.1 Å². The third-order valence-electron chi connectivity index (χ3n) is 7.63. The summed E-state index contributed by atoms with van der Waals surface area (Å²) >= 11 is 0. The lowest BCUT2D eigenvalue weighted by atomic mass is 9.84. The highest BCUT2D eigenvalue weighted by Gasteiger charge is 2.39. The molecular weight excluding hydrogens is 630 g/mol. The van der Waals surface area contributed by atoms with Crippen LogP contribution in [0.2, 0.25) is 0 Å². The van der Waals surface area contributed by atoms with Crippen molar-refractivity contribution in [3.8, 4) is 17.2 Å². The minimum absolute atomic E-state index is 0.0159. The molecule has 0 aromatic heterocycles. The van der Waals surface area contributed by atoms with Crippen LogP contribution in [-0.2, 0) is 21.5 Å². The fourth-order valence-corrected chi connectivity index (χ4v) is 5.39. The van der Waals surface area contributed by atoms with E-state index in [0.717, 1.165) is 5.56 Å². The van der Waals surface area contributed by atoms with Crippen molar-refractivity contribution in [1.82, 2.24) is 4.90 Å². The number of aliphatic carboxylic acids is 1. The zero-order valence-electron chi connectivity index (χ0n) is 27.4. The Balaban J connectivity index is 0.000000771. The number of ether oxygens (including phenoxy) is 4. The molecule has 2 atom stereocenters. The van der Waals surface area contributed by atoms with Gasteiger partial charge in [-0.05, 0) is 43.0 Å². The Morgan fingerprint density at radius 1 is 1.02 bits per heavy atom. The Morgan fingerprint density at radius 2 is 1.64 bits per heavy atom. The fraction of sp³-hybridized carbons (Fsp3) is 0.531. The number of alkyl halides is 3. The first-order valence-electron chi connectivity index (χ1n) is 14.9. The van der Waals surface area contributed by atoms with Crippen molar-refractivity contribution < 1.29 is 56.3 Å². The van der Waals surface area contributed by atoms with Gasteiger partial charge in [0.15, 0.2) is 23.1 Å². The first-order chi connectivity index (χ1) is 21.9. The minimum Gasteiger partial charge on any atom is -0.494 e. The Hall–Kier alpha value is -4.11. The average molecular weight is 672 g/mol. The van der Waals surface area contributed by atoms with Gasteiger partial charge in [-0.25, -0.2) is 9.18 Å². The number of carboxylic acids is 1. The van der Waals surface area contributed by atoms with Crippen molar-refractivity contribution in [2.24, 2.45) is 0 Å². The van der Waals surface area contributed by atoms with E-state index in [9.17, 15) is 23.1 Å². The summed E-state index contributed by atoms with van der Waals surface area (Å²) in [4.78, 5) is 26.2. The van der Waals surface area contributed by atoms with Gasteiger partial charge in [-0.1, -0.05) is 20.8 Å². The van der Waals surface area contributed by atoms with E-state index in [1.807, 2.05) is 31.7 Å². The number of aliphatic hydroxyl groups excluding tert-OH is 1. The molecule has 260 valence electrons. The largest absolute Gasteiger partial charge is 0.494 e. The second-order valence-corrected chi connectivity index (χ2v) is 11.9. The number of amidine groups is 1. The molecule has 4 rings (SSSR count). The number of carbonyl (C=O) groups is 2. The number of anilines is 1. The maximum absolute atomic E-state index is 15.5. The summed E-state index contributed by atoms with van der Waals surface area (Å²) in [7, 11) is 3.16. The summed E-state index contributed by atoms with van der Waals surface area (Å²) in [6, 6.07) is 5.30. The van der Waals surface area contributed by atoms with Gasteiger partial charge in [0.1, 0.15) is 17.7 Å². The number of rotatable bonds is 10. The second kappa shape index (κ2) is 14.8. The number of nitrogens with one attached hydrogen (secondary N) is 1. The predicted octanol–water partition coefficient (Wildman–Crippen LogP) is 4.78. The molecule has 1 fully saturated rings. The smallest absolute Gasteiger partial charge is 0.490 e. The number of hydrogen-bond acceptors (Lipinski definition) is 9. The van der Waals surface area contributed by atoms with Crippen molar-refractivity contribution in [2.45, 2.75) is 65.0 Å². The number of fused-ring (bicyclic) bond motifs is 1. The van der Waals surface area contributed by atoms with Crippen LogP contribution in [0, 0.1) is 11.2 Å². The highest BCUT2D eigenvalue weighted by atomic mass is 19.4. The Kier molecular flexibility index (Phi) is 11.7. The van der Waals surface area contributed by atoms with Crippen molar-refractivity contribution in [3.05, 3.63) is 46.3 Å². The zero-order chi connectivity index (χ0) is 35.4. The van der Waals surface area contributed by atoms with Crippen LogP contribution in [0.15, 0.2) is 18.2 Å². The SMILES string of the molecule is CCOc1cc2c(c(F)c1OCC)C(=N)N(CC(=O)c1cc(N3C[C@@H](O)[C@H](OC)C3)c(OC)c(C(C)(C)C)c1)C2.O=C(O)C(F)(F)F. The predicted molar refractivity (Wildman–Crippen MR) is 165 cm³/mol. The molecule has 2 heterocycles. The monoisotopic (exact) mass is 671 g/mol. The number of hydrogen-bond donors (Lipinski definition) is 3. The summed E-state index contributed by atoms with van der Waals surface area (Å²) in [5.41, 5.74) is 2.35. The molecular formula is C32H41F4N3O8. The number of carboxylic acid groups (broad SMARTS) is 1. The summed E-state index contributed by atoms with van der Waals surface area (Å²) in [6.07, 6.45) is -6.11. The van der Waals surface area contributed by atoms with Crippen LogP contribution >= 0.6 is 0 Å². The number of Topliss-reactive ketones (excluding diaryl/α,β-unsaturated/α-hetero) is 1. The topological polar surface area (TPSA) is 142 Å². The number of carbonyl (C=O) groups excluding carboxylic acids is 1. The maximum Gasteiger partial charge on any atom is 0.490 e. The maximum atomic E-state index is 15.5. The van der Waals surface area contributed by atoms with Crippen LogP contribution in [0.1, 0.15) is 61.7 Å². The van der Waals surface area contributed by atoms with Crippen molar-refractivity contribution in [2.75, 3.05) is 52.0 Å². The number of β-amino-alcohol motifs (C(OH)–C–C–N with tert-alkyl or cyclic N) is 1. The van der Waals surface area contributed by atoms with Gasteiger partial charge in [-0.15, -0.1) is 0 Å². The van der Waals surface area contributed by atoms with Crippen LogP contribution in [-0.4, -0.2) is 98.2 Å². The van der Waals surface area contributed by atoms with E-state index in [-0.39, 0.29) is 54.1 Å². The lowest BCUT2D eigenvalue weighted by Gasteiger charge is -2.29. The third kappa shape index (κ3) is 8.25. The first kappa shape index (κ1) is 37.3. The second-order valence-electron chi connectivity index (χ2n) is 11.9. The van der Waals surface area contributed by atoms with Crippen LogP contribution < -0.4 is 19.1 Å². The van der Waals surface area contributed by atoms with Gasteiger partial charge >= 0.3 is 12.1 Å². The molecule has 0 unspecified atom stereocenters. The molecule has 0 spiro atoms. The minimum atomic E-state index is -5.08. The quantitative estimate of drug-likeness (QED) is 0.239. The molecule has 47 heavy (non-hydrogen) atoms. The molecule has 1 saturated heterocycles. The molecule has 0 aliphatic carbocycles. The Morgan fingerprint density at radius 3 is 2.13 bits per heavy atom. The highest BCUT2D eigenvalue weighted by molar-refractivity contribution is 6.06. The number of halogens is 4. The molecule has 0 bridgehead atoms. The molecule has 2 aromatic carbocycles. The van der Waals surface area contributed by atoms with Gasteiger partial charge in [0.2, 0.25) is 0 Å². The van der Waals surface area contributed by atoms with Crippen LogP contribution in [0.5, 0.6) is 17.2 Å².